The van der Waals surface area contributed by atoms with E-state index < -0.39 is 11.5 Å². The first kappa shape index (κ1) is 14.1. The van der Waals surface area contributed by atoms with Gasteiger partial charge in [-0.2, -0.15) is 0 Å². The van der Waals surface area contributed by atoms with Crippen LogP contribution in [0.4, 0.5) is 0 Å². The molecule has 0 fully saturated rings. The van der Waals surface area contributed by atoms with E-state index in [9.17, 15) is 9.90 Å². The van der Waals surface area contributed by atoms with Gasteiger partial charge in [0.15, 0.2) is 0 Å². The lowest BCUT2D eigenvalue weighted by Gasteiger charge is -2.24. The Kier molecular flexibility index (Phi) is 4.05. The number of benzene rings is 2. The van der Waals surface area contributed by atoms with Crippen LogP contribution in [0.5, 0.6) is 5.75 Å². The van der Waals surface area contributed by atoms with Gasteiger partial charge in [0.2, 0.25) is 5.91 Å². The Labute approximate surface area is 117 Å². The molecule has 0 aliphatic heterocycles. The summed E-state index contributed by atoms with van der Waals surface area (Å²) in [5.41, 5.74) is 5.29. The lowest BCUT2D eigenvalue weighted by molar-refractivity contribution is 0.00759. The smallest absolute Gasteiger partial charge is 0.248 e. The number of carbonyl (C=O) groups is 1. The van der Waals surface area contributed by atoms with Gasteiger partial charge in [-0.05, 0) is 36.8 Å². The lowest BCUT2D eigenvalue weighted by Crippen LogP contribution is -2.29. The quantitative estimate of drug-likeness (QED) is 0.874. The fourth-order valence-corrected chi connectivity index (χ4v) is 1.82. The summed E-state index contributed by atoms with van der Waals surface area (Å²) in [4.78, 5) is 11.0. The van der Waals surface area contributed by atoms with Crippen molar-refractivity contribution in [3.63, 3.8) is 0 Å². The van der Waals surface area contributed by atoms with Gasteiger partial charge in [0, 0.05) is 5.56 Å². The van der Waals surface area contributed by atoms with E-state index >= 15 is 0 Å². The van der Waals surface area contributed by atoms with Gasteiger partial charge in [0.05, 0.1) is 0 Å². The fraction of sp³-hybridized carbons (Fsp3) is 0.188. The molecule has 4 nitrogen and oxygen atoms in total. The van der Waals surface area contributed by atoms with Gasteiger partial charge in [-0.3, -0.25) is 4.79 Å². The Balaban J connectivity index is 2.03. The van der Waals surface area contributed by atoms with Crippen LogP contribution in [0.1, 0.15) is 22.8 Å². The third-order valence-electron chi connectivity index (χ3n) is 3.05. The molecule has 0 saturated carbocycles. The molecule has 0 aliphatic carbocycles. The molecule has 4 heteroatoms. The number of hydrogen-bond acceptors (Lipinski definition) is 3. The van der Waals surface area contributed by atoms with E-state index in [4.69, 9.17) is 10.5 Å². The van der Waals surface area contributed by atoms with Crippen LogP contribution in [0.15, 0.2) is 54.6 Å². The summed E-state index contributed by atoms with van der Waals surface area (Å²) >= 11 is 0. The number of hydrogen-bond donors (Lipinski definition) is 2. The number of nitrogens with two attached hydrogens (primary N) is 1. The Morgan fingerprint density at radius 1 is 1.15 bits per heavy atom. The van der Waals surface area contributed by atoms with E-state index in [-0.39, 0.29) is 6.61 Å². The first-order valence-corrected chi connectivity index (χ1v) is 6.29. The first-order chi connectivity index (χ1) is 9.49. The summed E-state index contributed by atoms with van der Waals surface area (Å²) in [5, 5.41) is 10.4. The number of aliphatic hydroxyl groups is 1. The SMILES string of the molecule is CC(O)(COc1ccc(C(N)=O)cc1)c1ccccc1. The number of carbonyl (C=O) groups excluding carboxylic acids is 1. The maximum Gasteiger partial charge on any atom is 0.248 e. The predicted molar refractivity (Wildman–Crippen MR) is 76.5 cm³/mol. The third-order valence-corrected chi connectivity index (χ3v) is 3.05. The van der Waals surface area contributed by atoms with Crippen LogP contribution in [0, 0.1) is 0 Å². The topological polar surface area (TPSA) is 72.6 Å². The molecule has 2 rings (SSSR count). The van der Waals surface area contributed by atoms with Crippen molar-refractivity contribution in [3.8, 4) is 5.75 Å². The van der Waals surface area contributed by atoms with Crippen LogP contribution < -0.4 is 10.5 Å². The molecule has 0 aliphatic rings. The minimum absolute atomic E-state index is 0.118. The minimum Gasteiger partial charge on any atom is -0.490 e. The van der Waals surface area contributed by atoms with E-state index in [2.05, 4.69) is 0 Å². The molecule has 0 heterocycles. The molecule has 0 bridgehead atoms. The zero-order chi connectivity index (χ0) is 14.6. The Bertz CT molecular complexity index is 576. The van der Waals surface area contributed by atoms with Crippen molar-refractivity contribution in [1.29, 1.82) is 0 Å². The molecule has 0 spiro atoms. The van der Waals surface area contributed by atoms with Gasteiger partial charge in [0.25, 0.3) is 0 Å². The van der Waals surface area contributed by atoms with Gasteiger partial charge < -0.3 is 15.6 Å². The normalized spacial score (nSPS) is 13.5. The van der Waals surface area contributed by atoms with Gasteiger partial charge in [0.1, 0.15) is 18.0 Å². The molecule has 3 N–H and O–H groups in total. The first-order valence-electron chi connectivity index (χ1n) is 6.29. The second-order valence-corrected chi connectivity index (χ2v) is 4.82. The second kappa shape index (κ2) is 5.75. The Hall–Kier alpha value is -2.33. The van der Waals surface area contributed by atoms with E-state index in [0.717, 1.165) is 5.56 Å². The zero-order valence-corrected chi connectivity index (χ0v) is 11.2. The highest BCUT2D eigenvalue weighted by Crippen LogP contribution is 2.22. The average Bonchev–Trinajstić information content (AvgIpc) is 2.46. The second-order valence-electron chi connectivity index (χ2n) is 4.82. The van der Waals surface area contributed by atoms with E-state index in [0.29, 0.717) is 11.3 Å². The van der Waals surface area contributed by atoms with Gasteiger partial charge >= 0.3 is 0 Å². The van der Waals surface area contributed by atoms with Crippen LogP contribution in [-0.4, -0.2) is 17.6 Å². The van der Waals surface area contributed by atoms with Crippen LogP contribution >= 0.6 is 0 Å². The fourth-order valence-electron chi connectivity index (χ4n) is 1.82. The van der Waals surface area contributed by atoms with Crippen LogP contribution in [0.3, 0.4) is 0 Å². The van der Waals surface area contributed by atoms with Crippen LogP contribution in [-0.2, 0) is 5.60 Å². The summed E-state index contributed by atoms with van der Waals surface area (Å²) in [5.74, 6) is 0.0963. The lowest BCUT2D eigenvalue weighted by atomic mass is 9.97. The summed E-state index contributed by atoms with van der Waals surface area (Å²) < 4.78 is 5.56. The van der Waals surface area contributed by atoms with Gasteiger partial charge in [-0.25, -0.2) is 0 Å². The van der Waals surface area contributed by atoms with E-state index in [1.807, 2.05) is 30.3 Å². The largest absolute Gasteiger partial charge is 0.490 e. The van der Waals surface area contributed by atoms with Crippen molar-refractivity contribution in [2.75, 3.05) is 6.61 Å². The monoisotopic (exact) mass is 271 g/mol. The summed E-state index contributed by atoms with van der Waals surface area (Å²) in [6.07, 6.45) is 0. The maximum absolute atomic E-state index is 11.0. The summed E-state index contributed by atoms with van der Waals surface area (Å²) in [6, 6.07) is 15.8. The molecular weight excluding hydrogens is 254 g/mol. The van der Waals surface area contributed by atoms with Gasteiger partial charge in [-0.1, -0.05) is 30.3 Å². The molecule has 1 amide bonds. The molecule has 1 atom stereocenters. The molecule has 2 aromatic rings. The highest BCUT2D eigenvalue weighted by atomic mass is 16.5. The van der Waals surface area contributed by atoms with Crippen molar-refractivity contribution < 1.29 is 14.6 Å². The molecular formula is C16H17NO3. The van der Waals surface area contributed by atoms with Crippen molar-refractivity contribution in [2.45, 2.75) is 12.5 Å². The number of ether oxygens (including phenoxy) is 1. The highest BCUT2D eigenvalue weighted by Gasteiger charge is 2.23. The molecule has 0 aromatic heterocycles. The Morgan fingerprint density at radius 3 is 2.30 bits per heavy atom. The summed E-state index contributed by atoms with van der Waals surface area (Å²) in [6.45, 7) is 1.81. The van der Waals surface area contributed by atoms with E-state index in [1.165, 1.54) is 0 Å². The summed E-state index contributed by atoms with van der Waals surface area (Å²) in [7, 11) is 0. The predicted octanol–water partition coefficient (Wildman–Crippen LogP) is 2.07. The molecule has 104 valence electrons. The van der Waals surface area contributed by atoms with Crippen molar-refractivity contribution in [1.82, 2.24) is 0 Å². The van der Waals surface area contributed by atoms with Gasteiger partial charge in [-0.15, -0.1) is 0 Å². The molecule has 20 heavy (non-hydrogen) atoms. The Morgan fingerprint density at radius 2 is 1.75 bits per heavy atom. The van der Waals surface area contributed by atoms with Crippen molar-refractivity contribution in [2.24, 2.45) is 5.73 Å². The van der Waals surface area contributed by atoms with Crippen LogP contribution in [0.2, 0.25) is 0 Å². The molecule has 1 unspecified atom stereocenters. The highest BCUT2D eigenvalue weighted by molar-refractivity contribution is 5.92. The van der Waals surface area contributed by atoms with Crippen LogP contribution in [0.25, 0.3) is 0 Å². The third kappa shape index (κ3) is 3.36. The molecule has 0 radical (unpaired) electrons. The standard InChI is InChI=1S/C16H17NO3/c1-16(19,13-5-3-2-4-6-13)11-20-14-9-7-12(8-10-14)15(17)18/h2-10,19H,11H2,1H3,(H2,17,18). The number of rotatable bonds is 5. The van der Waals surface area contributed by atoms with Crippen molar-refractivity contribution in [3.05, 3.63) is 65.7 Å². The zero-order valence-electron chi connectivity index (χ0n) is 11.2. The minimum atomic E-state index is -1.08. The van der Waals surface area contributed by atoms with E-state index in [1.54, 1.807) is 31.2 Å². The molecule has 2 aromatic carbocycles. The number of amides is 1. The average molecular weight is 271 g/mol. The number of primary amides is 1. The van der Waals surface area contributed by atoms with Crippen molar-refractivity contribution >= 4 is 5.91 Å². The maximum atomic E-state index is 11.0. The molecule has 0 saturated heterocycles.